The number of rotatable bonds is 4. The van der Waals surface area contributed by atoms with Gasteiger partial charge in [0.25, 0.3) is 0 Å². The second kappa shape index (κ2) is 6.72. The van der Waals surface area contributed by atoms with Crippen molar-refractivity contribution in [3.63, 3.8) is 0 Å². The van der Waals surface area contributed by atoms with Gasteiger partial charge in [0.05, 0.1) is 0 Å². The van der Waals surface area contributed by atoms with E-state index in [2.05, 4.69) is 29.0 Å². The summed E-state index contributed by atoms with van der Waals surface area (Å²) in [6.07, 6.45) is 5.55. The lowest BCUT2D eigenvalue weighted by molar-refractivity contribution is 0.182. The lowest BCUT2D eigenvalue weighted by Crippen LogP contribution is -2.43. The Morgan fingerprint density at radius 2 is 2.00 bits per heavy atom. The minimum absolute atomic E-state index is 0.804. The van der Waals surface area contributed by atoms with E-state index in [0.29, 0.717) is 0 Å². The molecule has 3 nitrogen and oxygen atoms in total. The van der Waals surface area contributed by atoms with Crippen molar-refractivity contribution < 1.29 is 0 Å². The molecule has 2 fully saturated rings. The van der Waals surface area contributed by atoms with Crippen LogP contribution in [0.5, 0.6) is 0 Å². The Labute approximate surface area is 107 Å². The van der Waals surface area contributed by atoms with E-state index >= 15 is 0 Å². The zero-order valence-corrected chi connectivity index (χ0v) is 11.6. The first-order valence-corrected chi connectivity index (χ1v) is 7.54. The molecule has 0 bridgehead atoms. The number of likely N-dealkylation sites (tertiary alicyclic amines) is 1. The molecule has 17 heavy (non-hydrogen) atoms. The van der Waals surface area contributed by atoms with Crippen LogP contribution in [0.3, 0.4) is 0 Å². The molecule has 2 atom stereocenters. The molecule has 2 unspecified atom stereocenters. The van der Waals surface area contributed by atoms with E-state index in [9.17, 15) is 0 Å². The first-order valence-electron chi connectivity index (χ1n) is 7.54. The maximum Gasteiger partial charge on any atom is 0.0235 e. The summed E-state index contributed by atoms with van der Waals surface area (Å²) in [4.78, 5) is 5.37. The van der Waals surface area contributed by atoms with Crippen molar-refractivity contribution in [2.45, 2.75) is 51.6 Å². The van der Waals surface area contributed by atoms with Crippen LogP contribution in [0.25, 0.3) is 0 Å². The molecule has 0 radical (unpaired) electrons. The van der Waals surface area contributed by atoms with Gasteiger partial charge in [0.2, 0.25) is 0 Å². The van der Waals surface area contributed by atoms with E-state index in [0.717, 1.165) is 12.1 Å². The van der Waals surface area contributed by atoms with Crippen molar-refractivity contribution in [2.75, 3.05) is 39.3 Å². The van der Waals surface area contributed by atoms with Crippen molar-refractivity contribution in [1.29, 1.82) is 0 Å². The fraction of sp³-hybridized carbons (Fsp3) is 1.00. The van der Waals surface area contributed by atoms with Gasteiger partial charge < -0.3 is 5.32 Å². The number of nitrogens with zero attached hydrogens (tertiary/aromatic N) is 2. The Kier molecular flexibility index (Phi) is 5.26. The summed E-state index contributed by atoms with van der Waals surface area (Å²) in [7, 11) is 0. The van der Waals surface area contributed by atoms with Crippen LogP contribution >= 0.6 is 0 Å². The molecule has 0 aromatic carbocycles. The van der Waals surface area contributed by atoms with E-state index in [-0.39, 0.29) is 0 Å². The summed E-state index contributed by atoms with van der Waals surface area (Å²) < 4.78 is 0. The molecule has 100 valence electrons. The van der Waals surface area contributed by atoms with Crippen molar-refractivity contribution in [3.8, 4) is 0 Å². The van der Waals surface area contributed by atoms with Gasteiger partial charge in [0.1, 0.15) is 0 Å². The van der Waals surface area contributed by atoms with Gasteiger partial charge in [-0.2, -0.15) is 0 Å². The standard InChI is InChI=1S/C14H29N3/c1-3-16(4-2)14-8-10-17(12-14)13-7-5-6-9-15-11-13/h13-15H,3-12H2,1-2H3. The molecule has 0 aromatic rings. The SMILES string of the molecule is CCN(CC)C1CCN(C2CCCCNC2)C1. The van der Waals surface area contributed by atoms with Crippen LogP contribution in [-0.2, 0) is 0 Å². The molecular formula is C14H29N3. The summed E-state index contributed by atoms with van der Waals surface area (Å²) in [5, 5.41) is 3.59. The van der Waals surface area contributed by atoms with Crippen molar-refractivity contribution in [2.24, 2.45) is 0 Å². The van der Waals surface area contributed by atoms with Crippen molar-refractivity contribution >= 4 is 0 Å². The van der Waals surface area contributed by atoms with E-state index in [1.165, 1.54) is 65.0 Å². The minimum Gasteiger partial charge on any atom is -0.315 e. The van der Waals surface area contributed by atoms with E-state index in [1.807, 2.05) is 0 Å². The third-order valence-corrected chi connectivity index (χ3v) is 4.56. The Balaban J connectivity index is 1.83. The van der Waals surface area contributed by atoms with Gasteiger partial charge in [-0.05, 0) is 38.9 Å². The fourth-order valence-corrected chi connectivity index (χ4v) is 3.45. The van der Waals surface area contributed by atoms with Crippen molar-refractivity contribution in [1.82, 2.24) is 15.1 Å². The highest BCUT2D eigenvalue weighted by Gasteiger charge is 2.30. The second-order valence-corrected chi connectivity index (χ2v) is 5.51. The minimum atomic E-state index is 0.804. The number of nitrogens with one attached hydrogen (secondary N) is 1. The maximum absolute atomic E-state index is 3.59. The van der Waals surface area contributed by atoms with Crippen LogP contribution in [0.15, 0.2) is 0 Å². The highest BCUT2D eigenvalue weighted by molar-refractivity contribution is 4.88. The predicted molar refractivity (Wildman–Crippen MR) is 73.4 cm³/mol. The van der Waals surface area contributed by atoms with Crippen molar-refractivity contribution in [3.05, 3.63) is 0 Å². The molecule has 3 heteroatoms. The van der Waals surface area contributed by atoms with Gasteiger partial charge in [-0.25, -0.2) is 0 Å². The summed E-state index contributed by atoms with van der Waals surface area (Å²) >= 11 is 0. The number of hydrogen-bond donors (Lipinski definition) is 1. The topological polar surface area (TPSA) is 18.5 Å². The van der Waals surface area contributed by atoms with Crippen LogP contribution in [0.1, 0.15) is 39.5 Å². The van der Waals surface area contributed by atoms with Gasteiger partial charge in [0, 0.05) is 31.7 Å². The first kappa shape index (κ1) is 13.3. The largest absolute Gasteiger partial charge is 0.315 e. The van der Waals surface area contributed by atoms with Crippen LogP contribution in [-0.4, -0.2) is 61.2 Å². The molecule has 2 aliphatic rings. The molecule has 0 aromatic heterocycles. The molecule has 2 aliphatic heterocycles. The summed E-state index contributed by atoms with van der Waals surface area (Å²) in [6, 6.07) is 1.62. The molecule has 2 heterocycles. The van der Waals surface area contributed by atoms with E-state index in [1.54, 1.807) is 0 Å². The molecule has 1 N–H and O–H groups in total. The van der Waals surface area contributed by atoms with E-state index in [4.69, 9.17) is 0 Å². The second-order valence-electron chi connectivity index (χ2n) is 5.51. The van der Waals surface area contributed by atoms with Crippen LogP contribution in [0.4, 0.5) is 0 Å². The van der Waals surface area contributed by atoms with Crippen LogP contribution in [0, 0.1) is 0 Å². The molecule has 0 saturated carbocycles. The zero-order valence-electron chi connectivity index (χ0n) is 11.6. The molecule has 2 saturated heterocycles. The molecule has 0 aliphatic carbocycles. The number of hydrogen-bond acceptors (Lipinski definition) is 3. The van der Waals surface area contributed by atoms with E-state index < -0.39 is 0 Å². The number of likely N-dealkylation sites (N-methyl/N-ethyl adjacent to an activating group) is 1. The molecule has 2 rings (SSSR count). The summed E-state index contributed by atoms with van der Waals surface area (Å²) in [5.74, 6) is 0. The fourth-order valence-electron chi connectivity index (χ4n) is 3.45. The maximum atomic E-state index is 3.59. The third-order valence-electron chi connectivity index (χ3n) is 4.56. The van der Waals surface area contributed by atoms with Crippen LogP contribution in [0.2, 0.25) is 0 Å². The Hall–Kier alpha value is -0.120. The lowest BCUT2D eigenvalue weighted by Gasteiger charge is -2.29. The third kappa shape index (κ3) is 3.43. The average molecular weight is 239 g/mol. The highest BCUT2D eigenvalue weighted by atomic mass is 15.3. The quantitative estimate of drug-likeness (QED) is 0.803. The Morgan fingerprint density at radius 3 is 2.76 bits per heavy atom. The average Bonchev–Trinajstić information content (AvgIpc) is 2.67. The first-order chi connectivity index (χ1) is 8.35. The Bertz CT molecular complexity index is 208. The molecule has 0 amide bonds. The van der Waals surface area contributed by atoms with Crippen LogP contribution < -0.4 is 5.32 Å². The van der Waals surface area contributed by atoms with Gasteiger partial charge in [-0.15, -0.1) is 0 Å². The monoisotopic (exact) mass is 239 g/mol. The predicted octanol–water partition coefficient (Wildman–Crippen LogP) is 1.54. The molecule has 0 spiro atoms. The zero-order chi connectivity index (χ0) is 12.1. The highest BCUT2D eigenvalue weighted by Crippen LogP contribution is 2.21. The van der Waals surface area contributed by atoms with Gasteiger partial charge in [0.15, 0.2) is 0 Å². The summed E-state index contributed by atoms with van der Waals surface area (Å²) in [6.45, 7) is 12.0. The normalized spacial score (nSPS) is 31.9. The van der Waals surface area contributed by atoms with Gasteiger partial charge in [-0.3, -0.25) is 9.80 Å². The summed E-state index contributed by atoms with van der Waals surface area (Å²) in [5.41, 5.74) is 0. The van der Waals surface area contributed by atoms with Gasteiger partial charge in [-0.1, -0.05) is 20.3 Å². The Morgan fingerprint density at radius 1 is 1.18 bits per heavy atom. The molecular weight excluding hydrogens is 210 g/mol. The lowest BCUT2D eigenvalue weighted by atomic mass is 10.1. The smallest absolute Gasteiger partial charge is 0.0235 e. The van der Waals surface area contributed by atoms with Gasteiger partial charge >= 0.3 is 0 Å².